The van der Waals surface area contributed by atoms with Crippen LogP contribution in [0.25, 0.3) is 0 Å². The minimum Gasteiger partial charge on any atom is -0.324 e. The van der Waals surface area contributed by atoms with E-state index < -0.39 is 29.8 Å². The molecule has 0 radical (unpaired) electrons. The predicted octanol–water partition coefficient (Wildman–Crippen LogP) is 3.23. The Hall–Kier alpha value is -2.22. The van der Waals surface area contributed by atoms with Crippen molar-refractivity contribution in [3.63, 3.8) is 0 Å². The summed E-state index contributed by atoms with van der Waals surface area (Å²) in [5.41, 5.74) is -2.02. The lowest BCUT2D eigenvalue weighted by Crippen LogP contribution is -2.31. The Morgan fingerprint density at radius 3 is 2.65 bits per heavy atom. The van der Waals surface area contributed by atoms with Crippen LogP contribution in [0.15, 0.2) is 52.3 Å². The molecule has 1 heterocycles. The first-order valence-corrected chi connectivity index (χ1v) is 7.74. The molecule has 2 rings (SSSR count). The molecule has 0 bridgehead atoms. The van der Waals surface area contributed by atoms with E-state index in [-0.39, 0.29) is 0 Å². The molecule has 0 aliphatic carbocycles. The Morgan fingerprint density at radius 2 is 2.00 bits per heavy atom. The van der Waals surface area contributed by atoms with Crippen LogP contribution in [0.4, 0.5) is 18.9 Å². The third-order valence-electron chi connectivity index (χ3n) is 2.99. The van der Waals surface area contributed by atoms with Gasteiger partial charge in [0.15, 0.2) is 0 Å². The van der Waals surface area contributed by atoms with Gasteiger partial charge in [0.2, 0.25) is 5.91 Å². The van der Waals surface area contributed by atoms with Gasteiger partial charge in [-0.05, 0) is 36.6 Å². The molecule has 122 valence electrons. The molecule has 4 nitrogen and oxygen atoms in total. The molecular weight excluding hydrogens is 329 g/mol. The van der Waals surface area contributed by atoms with Crippen molar-refractivity contribution in [2.75, 3.05) is 11.6 Å². The van der Waals surface area contributed by atoms with Crippen molar-refractivity contribution >= 4 is 23.4 Å². The number of nitrogens with one attached hydrogen (secondary N) is 1. The fraction of sp³-hybridized carbons (Fsp3) is 0.200. The zero-order chi connectivity index (χ0) is 17.0. The standard InChI is InChI=1S/C15H13F3N2O2S/c1-23-11-5-2-4-10(8-11)19-13(21)9-20-7-3-6-12(14(20)22)15(16,17)18/h2-8H,9H2,1H3,(H,19,21). The number of benzene rings is 1. The monoisotopic (exact) mass is 342 g/mol. The van der Waals surface area contributed by atoms with Gasteiger partial charge in [-0.2, -0.15) is 13.2 Å². The smallest absolute Gasteiger partial charge is 0.324 e. The van der Waals surface area contributed by atoms with Crippen molar-refractivity contribution in [3.05, 3.63) is 58.5 Å². The molecule has 1 aromatic carbocycles. The molecule has 0 spiro atoms. The first kappa shape index (κ1) is 17.1. The highest BCUT2D eigenvalue weighted by molar-refractivity contribution is 7.98. The number of rotatable bonds is 4. The fourth-order valence-corrected chi connectivity index (χ4v) is 2.39. The normalized spacial score (nSPS) is 11.3. The fourth-order valence-electron chi connectivity index (χ4n) is 1.93. The molecule has 0 saturated heterocycles. The number of amides is 1. The second-order valence-corrected chi connectivity index (χ2v) is 5.51. The molecule has 8 heteroatoms. The quantitative estimate of drug-likeness (QED) is 0.868. The largest absolute Gasteiger partial charge is 0.421 e. The van der Waals surface area contributed by atoms with Crippen molar-refractivity contribution in [2.45, 2.75) is 17.6 Å². The number of alkyl halides is 3. The van der Waals surface area contributed by atoms with Crippen LogP contribution in [0.5, 0.6) is 0 Å². The summed E-state index contributed by atoms with van der Waals surface area (Å²) in [6.07, 6.45) is -1.72. The maximum Gasteiger partial charge on any atom is 0.421 e. The maximum atomic E-state index is 12.7. The van der Waals surface area contributed by atoms with Crippen LogP contribution in [0.3, 0.4) is 0 Å². The third-order valence-corrected chi connectivity index (χ3v) is 3.72. The molecule has 2 aromatic rings. The zero-order valence-corrected chi connectivity index (χ0v) is 12.9. The van der Waals surface area contributed by atoms with Gasteiger partial charge in [-0.25, -0.2) is 0 Å². The molecule has 0 unspecified atom stereocenters. The van der Waals surface area contributed by atoms with Crippen LogP contribution in [0, 0.1) is 0 Å². The molecular formula is C15H13F3N2O2S. The van der Waals surface area contributed by atoms with E-state index in [0.717, 1.165) is 21.7 Å². The lowest BCUT2D eigenvalue weighted by molar-refractivity contribution is -0.139. The number of hydrogen-bond donors (Lipinski definition) is 1. The number of thioether (sulfide) groups is 1. The number of halogens is 3. The summed E-state index contributed by atoms with van der Waals surface area (Å²) in [6, 6.07) is 8.78. The Kier molecular flexibility index (Phi) is 5.15. The highest BCUT2D eigenvalue weighted by Gasteiger charge is 2.34. The molecule has 0 saturated carbocycles. The summed E-state index contributed by atoms with van der Waals surface area (Å²) in [7, 11) is 0. The van der Waals surface area contributed by atoms with Crippen LogP contribution in [-0.4, -0.2) is 16.7 Å². The van der Waals surface area contributed by atoms with E-state index in [0.29, 0.717) is 11.8 Å². The summed E-state index contributed by atoms with van der Waals surface area (Å²) in [6.45, 7) is -0.494. The van der Waals surface area contributed by atoms with Crippen LogP contribution in [0.1, 0.15) is 5.56 Å². The molecule has 1 amide bonds. The predicted molar refractivity (Wildman–Crippen MR) is 82.6 cm³/mol. The molecule has 1 aromatic heterocycles. The number of hydrogen-bond acceptors (Lipinski definition) is 3. The van der Waals surface area contributed by atoms with E-state index in [4.69, 9.17) is 0 Å². The maximum absolute atomic E-state index is 12.7. The van der Waals surface area contributed by atoms with E-state index in [1.165, 1.54) is 11.8 Å². The van der Waals surface area contributed by atoms with Gasteiger partial charge in [0.25, 0.3) is 5.56 Å². The highest BCUT2D eigenvalue weighted by Crippen LogP contribution is 2.26. The van der Waals surface area contributed by atoms with Gasteiger partial charge in [-0.3, -0.25) is 9.59 Å². The van der Waals surface area contributed by atoms with Crippen LogP contribution >= 0.6 is 11.8 Å². The van der Waals surface area contributed by atoms with E-state index in [1.54, 1.807) is 18.2 Å². The Balaban J connectivity index is 2.16. The summed E-state index contributed by atoms with van der Waals surface area (Å²) < 4.78 is 38.8. The second kappa shape index (κ2) is 6.91. The third kappa shape index (κ3) is 4.38. The Labute approximate surface area is 134 Å². The van der Waals surface area contributed by atoms with Gasteiger partial charge in [0, 0.05) is 16.8 Å². The van der Waals surface area contributed by atoms with E-state index in [9.17, 15) is 22.8 Å². The van der Waals surface area contributed by atoms with Crippen LogP contribution in [-0.2, 0) is 17.5 Å². The molecule has 0 fully saturated rings. The lowest BCUT2D eigenvalue weighted by atomic mass is 10.2. The van der Waals surface area contributed by atoms with Crippen molar-refractivity contribution in [2.24, 2.45) is 0 Å². The highest BCUT2D eigenvalue weighted by atomic mass is 32.2. The van der Waals surface area contributed by atoms with Crippen molar-refractivity contribution in [1.82, 2.24) is 4.57 Å². The topological polar surface area (TPSA) is 51.1 Å². The first-order valence-electron chi connectivity index (χ1n) is 6.52. The number of carbonyl (C=O) groups is 1. The van der Waals surface area contributed by atoms with Gasteiger partial charge in [0.1, 0.15) is 12.1 Å². The zero-order valence-electron chi connectivity index (χ0n) is 12.1. The summed E-state index contributed by atoms with van der Waals surface area (Å²) in [4.78, 5) is 24.6. The summed E-state index contributed by atoms with van der Waals surface area (Å²) >= 11 is 1.49. The molecule has 1 N–H and O–H groups in total. The minimum absolute atomic E-state index is 0.494. The van der Waals surface area contributed by atoms with Crippen LogP contribution in [0.2, 0.25) is 0 Å². The molecule has 23 heavy (non-hydrogen) atoms. The van der Waals surface area contributed by atoms with Gasteiger partial charge >= 0.3 is 6.18 Å². The van der Waals surface area contributed by atoms with E-state index in [1.807, 2.05) is 12.3 Å². The van der Waals surface area contributed by atoms with Crippen molar-refractivity contribution in [3.8, 4) is 0 Å². The number of carbonyl (C=O) groups excluding carboxylic acids is 1. The van der Waals surface area contributed by atoms with Gasteiger partial charge in [-0.15, -0.1) is 11.8 Å². The van der Waals surface area contributed by atoms with Gasteiger partial charge < -0.3 is 9.88 Å². The Bertz CT molecular complexity index is 772. The Morgan fingerprint density at radius 1 is 1.26 bits per heavy atom. The van der Waals surface area contributed by atoms with Crippen molar-refractivity contribution < 1.29 is 18.0 Å². The number of anilines is 1. The first-order chi connectivity index (χ1) is 10.8. The van der Waals surface area contributed by atoms with E-state index >= 15 is 0 Å². The van der Waals surface area contributed by atoms with E-state index in [2.05, 4.69) is 5.32 Å². The van der Waals surface area contributed by atoms with Crippen LogP contribution < -0.4 is 10.9 Å². The second-order valence-electron chi connectivity index (χ2n) is 4.63. The van der Waals surface area contributed by atoms with Gasteiger partial charge in [0.05, 0.1) is 0 Å². The minimum atomic E-state index is -4.75. The average Bonchev–Trinajstić information content (AvgIpc) is 2.48. The molecule has 0 atom stereocenters. The average molecular weight is 342 g/mol. The lowest BCUT2D eigenvalue weighted by Gasteiger charge is -2.11. The number of aromatic nitrogens is 1. The SMILES string of the molecule is CSc1cccc(NC(=O)Cn2cccc(C(F)(F)F)c2=O)c1. The number of nitrogens with zero attached hydrogens (tertiary/aromatic N) is 1. The molecule has 0 aliphatic heterocycles. The molecule has 0 aliphatic rings. The van der Waals surface area contributed by atoms with Gasteiger partial charge in [-0.1, -0.05) is 6.07 Å². The summed E-state index contributed by atoms with van der Waals surface area (Å²) in [5.74, 6) is -0.579. The van der Waals surface area contributed by atoms with Crippen molar-refractivity contribution in [1.29, 1.82) is 0 Å². The number of pyridine rings is 1. The summed E-state index contributed by atoms with van der Waals surface area (Å²) in [5, 5.41) is 2.56.